The van der Waals surface area contributed by atoms with E-state index >= 15 is 0 Å². The predicted molar refractivity (Wildman–Crippen MR) is 71.0 cm³/mol. The number of likely N-dealkylation sites (N-methyl/N-ethyl adjacent to an activating group) is 1. The van der Waals surface area contributed by atoms with Crippen molar-refractivity contribution >= 4 is 5.91 Å². The first kappa shape index (κ1) is 14.5. The van der Waals surface area contributed by atoms with Gasteiger partial charge in [0.2, 0.25) is 5.91 Å². The molecule has 0 bridgehead atoms. The molecule has 1 fully saturated rings. The van der Waals surface area contributed by atoms with Crippen molar-refractivity contribution in [2.45, 2.75) is 52.1 Å². The summed E-state index contributed by atoms with van der Waals surface area (Å²) in [7, 11) is 0. The monoisotopic (exact) mass is 241 g/mol. The molecule has 2 N–H and O–H groups in total. The van der Waals surface area contributed by atoms with Crippen molar-refractivity contribution in [3.05, 3.63) is 0 Å². The summed E-state index contributed by atoms with van der Waals surface area (Å²) in [6, 6.07) is 0.727. The minimum Gasteiger partial charge on any atom is -0.355 e. The lowest BCUT2D eigenvalue weighted by atomic mass is 10.3. The molecule has 1 saturated carbocycles. The second kappa shape index (κ2) is 7.67. The maximum Gasteiger partial charge on any atom is 0.236 e. The Labute approximate surface area is 105 Å². The predicted octanol–water partition coefficient (Wildman–Crippen LogP) is 0.975. The van der Waals surface area contributed by atoms with Crippen LogP contribution in [-0.2, 0) is 4.79 Å². The van der Waals surface area contributed by atoms with Gasteiger partial charge < -0.3 is 10.6 Å². The second-order valence-electron chi connectivity index (χ2n) is 4.83. The summed E-state index contributed by atoms with van der Waals surface area (Å²) < 4.78 is 0. The van der Waals surface area contributed by atoms with Crippen molar-refractivity contribution in [2.24, 2.45) is 0 Å². The van der Waals surface area contributed by atoms with Crippen LogP contribution in [-0.4, -0.2) is 49.1 Å². The van der Waals surface area contributed by atoms with Crippen LogP contribution in [0.25, 0.3) is 0 Å². The van der Waals surface area contributed by atoms with Gasteiger partial charge >= 0.3 is 0 Å². The molecule has 1 aliphatic carbocycles. The topological polar surface area (TPSA) is 44.4 Å². The third-order valence-corrected chi connectivity index (χ3v) is 3.26. The van der Waals surface area contributed by atoms with Gasteiger partial charge in [-0.1, -0.05) is 13.8 Å². The summed E-state index contributed by atoms with van der Waals surface area (Å²) in [5.41, 5.74) is 0. The van der Waals surface area contributed by atoms with Crippen molar-refractivity contribution in [2.75, 3.05) is 26.2 Å². The Kier molecular flexibility index (Phi) is 6.52. The molecular formula is C13H27N3O. The number of nitrogens with one attached hydrogen (secondary N) is 2. The third kappa shape index (κ3) is 5.50. The zero-order valence-corrected chi connectivity index (χ0v) is 11.5. The molecular weight excluding hydrogens is 214 g/mol. The van der Waals surface area contributed by atoms with E-state index in [4.69, 9.17) is 0 Å². The quantitative estimate of drug-likeness (QED) is 0.632. The lowest BCUT2D eigenvalue weighted by Crippen LogP contribution is -2.45. The molecule has 0 aromatic carbocycles. The Hall–Kier alpha value is -0.610. The molecule has 0 radical (unpaired) electrons. The van der Waals surface area contributed by atoms with Crippen LogP contribution >= 0.6 is 0 Å². The Balaban J connectivity index is 2.09. The fourth-order valence-corrected chi connectivity index (χ4v) is 1.96. The minimum atomic E-state index is -0.0838. The fraction of sp³-hybridized carbons (Fsp3) is 0.923. The Morgan fingerprint density at radius 2 is 2.06 bits per heavy atom. The highest BCUT2D eigenvalue weighted by atomic mass is 16.2. The van der Waals surface area contributed by atoms with Gasteiger partial charge in [0.15, 0.2) is 0 Å². The summed E-state index contributed by atoms with van der Waals surface area (Å²) in [5, 5.41) is 6.19. The van der Waals surface area contributed by atoms with Gasteiger partial charge in [0, 0.05) is 25.7 Å². The van der Waals surface area contributed by atoms with Gasteiger partial charge in [0.05, 0.1) is 6.04 Å². The molecule has 0 spiro atoms. The highest BCUT2D eigenvalue weighted by molar-refractivity contribution is 5.81. The van der Waals surface area contributed by atoms with Crippen molar-refractivity contribution in [3.8, 4) is 0 Å². The SMILES string of the molecule is CCCNC(=O)C(C)NCCN(CC)C1CC1. The molecule has 4 nitrogen and oxygen atoms in total. The average Bonchev–Trinajstić information content (AvgIpc) is 3.15. The van der Waals surface area contributed by atoms with Crippen LogP contribution in [0.5, 0.6) is 0 Å². The summed E-state index contributed by atoms with van der Waals surface area (Å²) in [6.07, 6.45) is 3.69. The Morgan fingerprint density at radius 3 is 2.59 bits per heavy atom. The molecule has 1 aliphatic rings. The van der Waals surface area contributed by atoms with Crippen molar-refractivity contribution in [1.82, 2.24) is 15.5 Å². The largest absolute Gasteiger partial charge is 0.355 e. The molecule has 0 aromatic heterocycles. The highest BCUT2D eigenvalue weighted by Gasteiger charge is 2.27. The first-order valence-corrected chi connectivity index (χ1v) is 6.94. The molecule has 1 unspecified atom stereocenters. The van der Waals surface area contributed by atoms with Crippen LogP contribution in [0.1, 0.15) is 40.0 Å². The van der Waals surface area contributed by atoms with Crippen LogP contribution in [0.2, 0.25) is 0 Å². The maximum atomic E-state index is 11.6. The van der Waals surface area contributed by atoms with Gasteiger partial charge in [0.25, 0.3) is 0 Å². The van der Waals surface area contributed by atoms with E-state index in [1.165, 1.54) is 12.8 Å². The molecule has 0 saturated heterocycles. The number of hydrogen-bond donors (Lipinski definition) is 2. The fourth-order valence-electron chi connectivity index (χ4n) is 1.96. The van der Waals surface area contributed by atoms with E-state index in [1.54, 1.807) is 0 Å². The van der Waals surface area contributed by atoms with Crippen LogP contribution < -0.4 is 10.6 Å². The van der Waals surface area contributed by atoms with E-state index in [0.29, 0.717) is 0 Å². The minimum absolute atomic E-state index is 0.0838. The van der Waals surface area contributed by atoms with Crippen molar-refractivity contribution in [1.29, 1.82) is 0 Å². The molecule has 0 heterocycles. The van der Waals surface area contributed by atoms with Crippen LogP contribution in [0.15, 0.2) is 0 Å². The van der Waals surface area contributed by atoms with E-state index in [2.05, 4.69) is 29.4 Å². The molecule has 0 aromatic rings. The lowest BCUT2D eigenvalue weighted by Gasteiger charge is -2.21. The number of carbonyl (C=O) groups excluding carboxylic acids is 1. The van der Waals surface area contributed by atoms with Crippen LogP contribution in [0.4, 0.5) is 0 Å². The van der Waals surface area contributed by atoms with Crippen LogP contribution in [0.3, 0.4) is 0 Å². The summed E-state index contributed by atoms with van der Waals surface area (Å²) in [4.78, 5) is 14.1. The third-order valence-electron chi connectivity index (χ3n) is 3.26. The van der Waals surface area contributed by atoms with Crippen LogP contribution in [0, 0.1) is 0 Å². The van der Waals surface area contributed by atoms with Crippen molar-refractivity contribution < 1.29 is 4.79 Å². The molecule has 4 heteroatoms. The van der Waals surface area contributed by atoms with E-state index in [0.717, 1.165) is 38.6 Å². The molecule has 0 aliphatic heterocycles. The van der Waals surface area contributed by atoms with E-state index < -0.39 is 0 Å². The molecule has 100 valence electrons. The molecule has 1 amide bonds. The van der Waals surface area contributed by atoms with Gasteiger partial charge in [-0.05, 0) is 32.7 Å². The number of amides is 1. The number of carbonyl (C=O) groups is 1. The average molecular weight is 241 g/mol. The Bertz CT molecular complexity index is 229. The first-order chi connectivity index (χ1) is 8.19. The number of nitrogens with zero attached hydrogens (tertiary/aromatic N) is 1. The number of hydrogen-bond acceptors (Lipinski definition) is 3. The smallest absolute Gasteiger partial charge is 0.236 e. The zero-order valence-electron chi connectivity index (χ0n) is 11.5. The second-order valence-corrected chi connectivity index (χ2v) is 4.83. The first-order valence-electron chi connectivity index (χ1n) is 6.94. The number of rotatable bonds is 9. The normalized spacial score (nSPS) is 17.2. The molecule has 1 atom stereocenters. The van der Waals surface area contributed by atoms with E-state index in [1.807, 2.05) is 6.92 Å². The van der Waals surface area contributed by atoms with Gasteiger partial charge in [-0.25, -0.2) is 0 Å². The van der Waals surface area contributed by atoms with E-state index in [9.17, 15) is 4.79 Å². The van der Waals surface area contributed by atoms with Gasteiger partial charge in [-0.15, -0.1) is 0 Å². The summed E-state index contributed by atoms with van der Waals surface area (Å²) in [5.74, 6) is 0.112. The maximum absolute atomic E-state index is 11.6. The summed E-state index contributed by atoms with van der Waals surface area (Å²) in [6.45, 7) is 10.0. The van der Waals surface area contributed by atoms with Crippen molar-refractivity contribution in [3.63, 3.8) is 0 Å². The van der Waals surface area contributed by atoms with Gasteiger partial charge in [-0.2, -0.15) is 0 Å². The molecule has 17 heavy (non-hydrogen) atoms. The standard InChI is InChI=1S/C13H27N3O/c1-4-8-15-13(17)11(3)14-9-10-16(5-2)12-6-7-12/h11-12,14H,4-10H2,1-3H3,(H,15,17). The molecule has 1 rings (SSSR count). The zero-order chi connectivity index (χ0) is 12.7. The Morgan fingerprint density at radius 1 is 1.35 bits per heavy atom. The highest BCUT2D eigenvalue weighted by Crippen LogP contribution is 2.25. The van der Waals surface area contributed by atoms with Gasteiger partial charge in [-0.3, -0.25) is 9.69 Å². The summed E-state index contributed by atoms with van der Waals surface area (Å²) >= 11 is 0. The van der Waals surface area contributed by atoms with Gasteiger partial charge in [0.1, 0.15) is 0 Å². The van der Waals surface area contributed by atoms with E-state index in [-0.39, 0.29) is 11.9 Å². The lowest BCUT2D eigenvalue weighted by molar-refractivity contribution is -0.122.